The number of carbonyl (C=O) groups excluding carboxylic acids is 1. The normalized spacial score (nSPS) is 34.2. The summed E-state index contributed by atoms with van der Waals surface area (Å²) in [5.74, 6) is 0.637. The Balaban J connectivity index is 1.80. The highest BCUT2D eigenvalue weighted by molar-refractivity contribution is 5.68. The van der Waals surface area contributed by atoms with Gasteiger partial charge in [-0.05, 0) is 39.7 Å². The molecule has 15 heavy (non-hydrogen) atoms. The lowest BCUT2D eigenvalue weighted by Crippen LogP contribution is -2.45. The molecule has 1 N–H and O–H groups in total. The third-order valence-corrected chi connectivity index (χ3v) is 3.03. The van der Waals surface area contributed by atoms with Crippen LogP contribution in [0.1, 0.15) is 27.2 Å². The molecule has 0 radical (unpaired) electrons. The molecule has 2 aliphatic heterocycles. The molecule has 1 amide bonds. The number of nitrogens with zero attached hydrogens (tertiary/aromatic N) is 1. The third kappa shape index (κ3) is 2.62. The number of piperidine rings is 1. The van der Waals surface area contributed by atoms with Crippen molar-refractivity contribution in [2.45, 2.75) is 38.8 Å². The SMILES string of the molecule is CC(C)(C)OC(=O)N[C@@H]1CN2CC[C@@H]1C2. The number of fused-ring (bicyclic) bond motifs is 2. The minimum Gasteiger partial charge on any atom is -0.444 e. The first-order valence-corrected chi connectivity index (χ1v) is 5.66. The van der Waals surface area contributed by atoms with E-state index in [1.807, 2.05) is 20.8 Å². The topological polar surface area (TPSA) is 41.6 Å². The Morgan fingerprint density at radius 3 is 2.60 bits per heavy atom. The lowest BCUT2D eigenvalue weighted by atomic mass is 10.0. The van der Waals surface area contributed by atoms with Gasteiger partial charge in [-0.15, -0.1) is 0 Å². The van der Waals surface area contributed by atoms with Crippen LogP contribution in [0.5, 0.6) is 0 Å². The molecule has 86 valence electrons. The van der Waals surface area contributed by atoms with E-state index in [0.29, 0.717) is 12.0 Å². The summed E-state index contributed by atoms with van der Waals surface area (Å²) in [5.41, 5.74) is -0.401. The zero-order valence-corrected chi connectivity index (χ0v) is 9.75. The Kier molecular flexibility index (Phi) is 2.63. The molecule has 2 saturated heterocycles. The van der Waals surface area contributed by atoms with E-state index in [9.17, 15) is 4.79 Å². The molecular formula is C11H20N2O2. The van der Waals surface area contributed by atoms with Crippen molar-refractivity contribution in [1.29, 1.82) is 0 Å². The number of carbonyl (C=O) groups is 1. The molecule has 2 aliphatic rings. The van der Waals surface area contributed by atoms with Crippen LogP contribution in [-0.2, 0) is 4.74 Å². The quantitative estimate of drug-likeness (QED) is 0.710. The summed E-state index contributed by atoms with van der Waals surface area (Å²) in [7, 11) is 0. The Hall–Kier alpha value is -0.770. The second-order valence-electron chi connectivity index (χ2n) is 5.56. The van der Waals surface area contributed by atoms with E-state index in [1.54, 1.807) is 0 Å². The van der Waals surface area contributed by atoms with E-state index >= 15 is 0 Å². The Morgan fingerprint density at radius 2 is 2.13 bits per heavy atom. The van der Waals surface area contributed by atoms with Crippen molar-refractivity contribution in [3.8, 4) is 0 Å². The Morgan fingerprint density at radius 1 is 1.40 bits per heavy atom. The molecule has 1 unspecified atom stereocenters. The van der Waals surface area contributed by atoms with Gasteiger partial charge in [0.2, 0.25) is 0 Å². The molecule has 0 spiro atoms. The van der Waals surface area contributed by atoms with Gasteiger partial charge in [-0.1, -0.05) is 0 Å². The Bertz CT molecular complexity index is 260. The number of amides is 1. The van der Waals surface area contributed by atoms with Crippen LogP contribution in [0.15, 0.2) is 0 Å². The first-order valence-electron chi connectivity index (χ1n) is 5.66. The summed E-state index contributed by atoms with van der Waals surface area (Å²) < 4.78 is 5.24. The number of hydrogen-bond donors (Lipinski definition) is 1. The molecule has 2 heterocycles. The Labute approximate surface area is 91.0 Å². The molecule has 0 aromatic carbocycles. The number of hydrogen-bond acceptors (Lipinski definition) is 3. The van der Waals surface area contributed by atoms with Crippen LogP contribution in [0.3, 0.4) is 0 Å². The monoisotopic (exact) mass is 212 g/mol. The van der Waals surface area contributed by atoms with Gasteiger partial charge in [-0.25, -0.2) is 4.79 Å². The minimum absolute atomic E-state index is 0.277. The fourth-order valence-electron chi connectivity index (χ4n) is 2.41. The van der Waals surface area contributed by atoms with E-state index < -0.39 is 5.60 Å². The van der Waals surface area contributed by atoms with Crippen molar-refractivity contribution in [3.63, 3.8) is 0 Å². The van der Waals surface area contributed by atoms with Crippen LogP contribution in [0.25, 0.3) is 0 Å². The van der Waals surface area contributed by atoms with Crippen LogP contribution in [0.4, 0.5) is 4.79 Å². The average molecular weight is 212 g/mol. The molecule has 0 aliphatic carbocycles. The molecule has 2 rings (SSSR count). The van der Waals surface area contributed by atoms with Crippen LogP contribution < -0.4 is 5.32 Å². The number of alkyl carbamates (subject to hydrolysis) is 1. The molecule has 3 atom stereocenters. The van der Waals surface area contributed by atoms with E-state index in [-0.39, 0.29) is 6.09 Å². The number of nitrogens with one attached hydrogen (secondary N) is 1. The first kappa shape index (κ1) is 10.7. The fourth-order valence-corrected chi connectivity index (χ4v) is 2.41. The standard InChI is InChI=1S/C11H20N2O2/c1-11(2,3)15-10(14)12-9-7-13-5-4-8(9)6-13/h8-9H,4-7H2,1-3H3,(H,12,14)/t8-,9-/m1/s1. The van der Waals surface area contributed by atoms with E-state index in [2.05, 4.69) is 10.2 Å². The van der Waals surface area contributed by atoms with Crippen LogP contribution in [0, 0.1) is 5.92 Å². The van der Waals surface area contributed by atoms with Gasteiger partial charge in [0.15, 0.2) is 0 Å². The van der Waals surface area contributed by atoms with E-state index in [0.717, 1.165) is 13.1 Å². The number of rotatable bonds is 1. The van der Waals surface area contributed by atoms with Crippen molar-refractivity contribution in [2.24, 2.45) is 5.92 Å². The summed E-state index contributed by atoms with van der Waals surface area (Å²) in [5, 5.41) is 2.96. The molecular weight excluding hydrogens is 192 g/mol. The maximum atomic E-state index is 11.5. The highest BCUT2D eigenvalue weighted by Crippen LogP contribution is 2.27. The summed E-state index contributed by atoms with van der Waals surface area (Å²) in [6.45, 7) is 8.98. The largest absolute Gasteiger partial charge is 0.444 e. The van der Waals surface area contributed by atoms with Gasteiger partial charge in [0.05, 0.1) is 0 Å². The second kappa shape index (κ2) is 3.67. The smallest absolute Gasteiger partial charge is 0.407 e. The average Bonchev–Trinajstić information content (AvgIpc) is 2.60. The molecule has 0 aromatic heterocycles. The summed E-state index contributed by atoms with van der Waals surface area (Å²) in [6.07, 6.45) is 0.932. The molecule has 2 bridgehead atoms. The van der Waals surface area contributed by atoms with Crippen molar-refractivity contribution >= 4 is 6.09 Å². The van der Waals surface area contributed by atoms with Crippen LogP contribution in [-0.4, -0.2) is 42.3 Å². The summed E-state index contributed by atoms with van der Waals surface area (Å²) >= 11 is 0. The first-order chi connectivity index (χ1) is 6.94. The van der Waals surface area contributed by atoms with Gasteiger partial charge in [0.1, 0.15) is 5.60 Å². The van der Waals surface area contributed by atoms with Crippen molar-refractivity contribution in [3.05, 3.63) is 0 Å². The summed E-state index contributed by atoms with van der Waals surface area (Å²) in [6, 6.07) is 0.300. The molecule has 4 heteroatoms. The highest BCUT2D eigenvalue weighted by Gasteiger charge is 2.39. The minimum atomic E-state index is -0.401. The molecule has 0 aromatic rings. The molecule has 2 fully saturated rings. The highest BCUT2D eigenvalue weighted by atomic mass is 16.6. The van der Waals surface area contributed by atoms with Crippen LogP contribution >= 0.6 is 0 Å². The van der Waals surface area contributed by atoms with Gasteiger partial charge in [0.25, 0.3) is 0 Å². The van der Waals surface area contributed by atoms with Gasteiger partial charge in [-0.2, -0.15) is 0 Å². The maximum absolute atomic E-state index is 11.5. The lowest BCUT2D eigenvalue weighted by molar-refractivity contribution is 0.0489. The van der Waals surface area contributed by atoms with Gasteiger partial charge >= 0.3 is 6.09 Å². The second-order valence-corrected chi connectivity index (χ2v) is 5.56. The lowest BCUT2D eigenvalue weighted by Gasteiger charge is -2.25. The zero-order chi connectivity index (χ0) is 11.1. The van der Waals surface area contributed by atoms with Gasteiger partial charge < -0.3 is 15.0 Å². The van der Waals surface area contributed by atoms with Crippen LogP contribution in [0.2, 0.25) is 0 Å². The summed E-state index contributed by atoms with van der Waals surface area (Å²) in [4.78, 5) is 13.9. The fraction of sp³-hybridized carbons (Fsp3) is 0.909. The van der Waals surface area contributed by atoms with Gasteiger partial charge in [0, 0.05) is 19.1 Å². The molecule has 0 saturated carbocycles. The predicted molar refractivity (Wildman–Crippen MR) is 57.7 cm³/mol. The third-order valence-electron chi connectivity index (χ3n) is 3.03. The van der Waals surface area contributed by atoms with Crippen molar-refractivity contribution < 1.29 is 9.53 Å². The maximum Gasteiger partial charge on any atom is 0.407 e. The van der Waals surface area contributed by atoms with E-state index in [1.165, 1.54) is 13.0 Å². The molecule has 4 nitrogen and oxygen atoms in total. The number of ether oxygens (including phenoxy) is 1. The predicted octanol–water partition coefficient (Wildman–Crippen LogP) is 1.22. The van der Waals surface area contributed by atoms with E-state index in [4.69, 9.17) is 4.74 Å². The zero-order valence-electron chi connectivity index (χ0n) is 9.75. The van der Waals surface area contributed by atoms with Crippen molar-refractivity contribution in [1.82, 2.24) is 10.2 Å². The van der Waals surface area contributed by atoms with Gasteiger partial charge in [-0.3, -0.25) is 0 Å². The van der Waals surface area contributed by atoms with Crippen molar-refractivity contribution in [2.75, 3.05) is 19.6 Å².